The highest BCUT2D eigenvalue weighted by molar-refractivity contribution is 6.31. The van der Waals surface area contributed by atoms with Gasteiger partial charge >= 0.3 is 0 Å². The lowest BCUT2D eigenvalue weighted by Crippen LogP contribution is -2.51. The van der Waals surface area contributed by atoms with Gasteiger partial charge in [0.15, 0.2) is 17.2 Å². The second-order valence-corrected chi connectivity index (χ2v) is 7.71. The number of carbonyl (C=O) groups is 1. The SMILES string of the molecule is Cc1cc(Cl)cc2c1OC1(CCN(c3ncnc4nc[nH]c34)CC1)CC2=O. The molecule has 2 aliphatic heterocycles. The van der Waals surface area contributed by atoms with Gasteiger partial charge in [-0.1, -0.05) is 11.6 Å². The van der Waals surface area contributed by atoms with Crippen molar-refractivity contribution in [3.05, 3.63) is 40.9 Å². The molecule has 0 saturated carbocycles. The minimum Gasteiger partial charge on any atom is -0.486 e. The number of benzene rings is 1. The standard InChI is InChI=1S/C19H18ClN5O2/c1-11-6-12(20)7-13-14(26)8-19(27-16(11)13)2-4-25(5-3-19)18-15-17(22-9-21-15)23-10-24-18/h6-7,9-10H,2-5,8H2,1H3,(H,21,22,23,24). The first-order valence-corrected chi connectivity index (χ1v) is 9.34. The molecule has 138 valence electrons. The van der Waals surface area contributed by atoms with Crippen molar-refractivity contribution in [3.63, 3.8) is 0 Å². The average molecular weight is 384 g/mol. The Bertz CT molecular complexity index is 1060. The predicted octanol–water partition coefficient (Wildman–Crippen LogP) is 3.32. The molecular formula is C19H18ClN5O2. The number of hydrogen-bond acceptors (Lipinski definition) is 6. The van der Waals surface area contributed by atoms with E-state index in [0.29, 0.717) is 28.4 Å². The number of fused-ring (bicyclic) bond motifs is 2. The monoisotopic (exact) mass is 383 g/mol. The number of piperidine rings is 1. The number of carbonyl (C=O) groups excluding carboxylic acids is 1. The van der Waals surface area contributed by atoms with Crippen LogP contribution in [0.25, 0.3) is 11.2 Å². The summed E-state index contributed by atoms with van der Waals surface area (Å²) in [6.07, 6.45) is 5.05. The zero-order chi connectivity index (χ0) is 18.6. The van der Waals surface area contributed by atoms with Crippen LogP contribution in [-0.2, 0) is 0 Å². The Morgan fingerprint density at radius 1 is 1.22 bits per heavy atom. The van der Waals surface area contributed by atoms with Crippen LogP contribution in [0, 0.1) is 6.92 Å². The summed E-state index contributed by atoms with van der Waals surface area (Å²) in [7, 11) is 0. The molecular weight excluding hydrogens is 366 g/mol. The maximum Gasteiger partial charge on any atom is 0.182 e. The van der Waals surface area contributed by atoms with Crippen molar-refractivity contribution in [3.8, 4) is 5.75 Å². The lowest BCUT2D eigenvalue weighted by molar-refractivity contribution is 0.0225. The third-order valence-electron chi connectivity index (χ3n) is 5.52. The number of ether oxygens (including phenoxy) is 1. The number of H-pyrrole nitrogens is 1. The van der Waals surface area contributed by atoms with Gasteiger partial charge in [-0.25, -0.2) is 15.0 Å². The zero-order valence-corrected chi connectivity index (χ0v) is 15.6. The van der Waals surface area contributed by atoms with Gasteiger partial charge in [0.05, 0.1) is 18.3 Å². The summed E-state index contributed by atoms with van der Waals surface area (Å²) in [5, 5.41) is 0.571. The Balaban J connectivity index is 1.42. The minimum absolute atomic E-state index is 0.105. The number of halogens is 1. The van der Waals surface area contributed by atoms with Gasteiger partial charge in [-0.3, -0.25) is 4.79 Å². The molecule has 0 amide bonds. The molecule has 1 saturated heterocycles. The highest BCUT2D eigenvalue weighted by atomic mass is 35.5. The Morgan fingerprint density at radius 3 is 2.85 bits per heavy atom. The Hall–Kier alpha value is -2.67. The summed E-state index contributed by atoms with van der Waals surface area (Å²) in [5.74, 6) is 1.63. The summed E-state index contributed by atoms with van der Waals surface area (Å²) < 4.78 is 6.41. The fraction of sp³-hybridized carbons (Fsp3) is 0.368. The average Bonchev–Trinajstić information content (AvgIpc) is 3.13. The maximum atomic E-state index is 12.8. The number of nitrogens with zero attached hydrogens (tertiary/aromatic N) is 4. The number of anilines is 1. The molecule has 1 fully saturated rings. The molecule has 0 unspecified atom stereocenters. The smallest absolute Gasteiger partial charge is 0.182 e. The molecule has 7 nitrogen and oxygen atoms in total. The fourth-order valence-corrected chi connectivity index (χ4v) is 4.38. The molecule has 5 rings (SSSR count). The fourth-order valence-electron chi connectivity index (χ4n) is 4.11. The van der Waals surface area contributed by atoms with Crippen LogP contribution in [-0.4, -0.2) is 44.4 Å². The van der Waals surface area contributed by atoms with Crippen molar-refractivity contribution < 1.29 is 9.53 Å². The summed E-state index contributed by atoms with van der Waals surface area (Å²) in [5.41, 5.74) is 2.54. The molecule has 1 N–H and O–H groups in total. The maximum absolute atomic E-state index is 12.8. The van der Waals surface area contributed by atoms with E-state index in [2.05, 4.69) is 24.8 Å². The van der Waals surface area contributed by atoms with Gasteiger partial charge in [-0.05, 0) is 24.6 Å². The number of nitrogens with one attached hydrogen (secondary N) is 1. The van der Waals surface area contributed by atoms with Crippen molar-refractivity contribution in [2.75, 3.05) is 18.0 Å². The first-order valence-electron chi connectivity index (χ1n) is 8.96. The van der Waals surface area contributed by atoms with Crippen molar-refractivity contribution in [1.82, 2.24) is 19.9 Å². The largest absolute Gasteiger partial charge is 0.486 e. The van der Waals surface area contributed by atoms with E-state index in [9.17, 15) is 4.79 Å². The Morgan fingerprint density at radius 2 is 2.04 bits per heavy atom. The van der Waals surface area contributed by atoms with Crippen LogP contribution in [0.3, 0.4) is 0 Å². The summed E-state index contributed by atoms with van der Waals surface area (Å²) in [6, 6.07) is 3.56. The Kier molecular flexibility index (Phi) is 3.62. The van der Waals surface area contributed by atoms with Gasteiger partial charge in [0.1, 0.15) is 23.2 Å². The van der Waals surface area contributed by atoms with Crippen LogP contribution in [0.15, 0.2) is 24.8 Å². The topological polar surface area (TPSA) is 84.0 Å². The number of rotatable bonds is 1. The van der Waals surface area contributed by atoms with Crippen LogP contribution in [0.2, 0.25) is 5.02 Å². The van der Waals surface area contributed by atoms with Gasteiger partial charge in [0, 0.05) is 31.0 Å². The van der Waals surface area contributed by atoms with Gasteiger partial charge in [-0.2, -0.15) is 0 Å². The van der Waals surface area contributed by atoms with E-state index < -0.39 is 5.60 Å². The third kappa shape index (κ3) is 2.65. The van der Waals surface area contributed by atoms with Gasteiger partial charge in [-0.15, -0.1) is 0 Å². The van der Waals surface area contributed by atoms with E-state index in [4.69, 9.17) is 16.3 Å². The molecule has 4 heterocycles. The van der Waals surface area contributed by atoms with Crippen molar-refractivity contribution >= 4 is 34.4 Å². The molecule has 2 aromatic heterocycles. The molecule has 0 radical (unpaired) electrons. The quantitative estimate of drug-likeness (QED) is 0.694. The molecule has 2 aliphatic rings. The van der Waals surface area contributed by atoms with E-state index in [0.717, 1.165) is 42.8 Å². The number of aromatic nitrogens is 4. The number of aryl methyl sites for hydroxylation is 1. The van der Waals surface area contributed by atoms with Crippen LogP contribution in [0.5, 0.6) is 5.75 Å². The van der Waals surface area contributed by atoms with Crippen LogP contribution in [0.4, 0.5) is 5.82 Å². The molecule has 0 atom stereocenters. The normalized spacial score (nSPS) is 18.6. The summed E-state index contributed by atoms with van der Waals surface area (Å²) in [6.45, 7) is 3.43. The van der Waals surface area contributed by atoms with E-state index in [1.165, 1.54) is 6.33 Å². The zero-order valence-electron chi connectivity index (χ0n) is 14.8. The lowest BCUT2D eigenvalue weighted by atomic mass is 9.82. The van der Waals surface area contributed by atoms with Crippen molar-refractivity contribution in [2.45, 2.75) is 31.8 Å². The summed E-state index contributed by atoms with van der Waals surface area (Å²) in [4.78, 5) is 30.9. The second kappa shape index (κ2) is 5.92. The number of aromatic amines is 1. The van der Waals surface area contributed by atoms with E-state index in [-0.39, 0.29) is 5.78 Å². The molecule has 1 aromatic carbocycles. The third-order valence-corrected chi connectivity index (χ3v) is 5.74. The van der Waals surface area contributed by atoms with Gasteiger partial charge in [0.2, 0.25) is 0 Å². The second-order valence-electron chi connectivity index (χ2n) is 7.27. The van der Waals surface area contributed by atoms with Crippen molar-refractivity contribution in [1.29, 1.82) is 0 Å². The van der Waals surface area contributed by atoms with Gasteiger partial charge < -0.3 is 14.6 Å². The first-order chi connectivity index (χ1) is 13.0. The molecule has 3 aromatic rings. The Labute approximate surface area is 160 Å². The minimum atomic E-state index is -0.459. The highest BCUT2D eigenvalue weighted by Crippen LogP contribution is 2.42. The molecule has 8 heteroatoms. The summed E-state index contributed by atoms with van der Waals surface area (Å²) >= 11 is 6.12. The predicted molar refractivity (Wildman–Crippen MR) is 102 cm³/mol. The van der Waals surface area contributed by atoms with E-state index in [1.807, 2.05) is 13.0 Å². The first kappa shape index (κ1) is 16.5. The molecule has 27 heavy (non-hydrogen) atoms. The number of ketones is 1. The molecule has 0 bridgehead atoms. The van der Waals surface area contributed by atoms with Crippen LogP contribution >= 0.6 is 11.6 Å². The lowest BCUT2D eigenvalue weighted by Gasteiger charge is -2.44. The number of hydrogen-bond donors (Lipinski definition) is 1. The molecule has 1 spiro atoms. The van der Waals surface area contributed by atoms with Gasteiger partial charge in [0.25, 0.3) is 0 Å². The highest BCUT2D eigenvalue weighted by Gasteiger charge is 2.44. The number of imidazole rings is 1. The van der Waals surface area contributed by atoms with Crippen LogP contribution in [0.1, 0.15) is 35.2 Å². The number of Topliss-reactive ketones (excluding diaryl/α,β-unsaturated/α-hetero) is 1. The van der Waals surface area contributed by atoms with E-state index in [1.54, 1.807) is 12.4 Å². The van der Waals surface area contributed by atoms with Crippen LogP contribution < -0.4 is 9.64 Å². The van der Waals surface area contributed by atoms with E-state index >= 15 is 0 Å². The van der Waals surface area contributed by atoms with Crippen molar-refractivity contribution in [2.24, 2.45) is 0 Å². The molecule has 0 aliphatic carbocycles.